The number of likely N-dealkylation sites (tertiary alicyclic amines) is 1. The summed E-state index contributed by atoms with van der Waals surface area (Å²) in [6, 6.07) is 0.386. The third-order valence-corrected chi connectivity index (χ3v) is 3.63. The van der Waals surface area contributed by atoms with E-state index in [-0.39, 0.29) is 18.5 Å². The van der Waals surface area contributed by atoms with E-state index in [1.165, 1.54) is 32.4 Å². The highest BCUT2D eigenvalue weighted by Crippen LogP contribution is 2.24. The minimum Gasteiger partial charge on any atom is -0.390 e. The fourth-order valence-corrected chi connectivity index (χ4v) is 2.83. The van der Waals surface area contributed by atoms with Crippen LogP contribution in [0.1, 0.15) is 26.2 Å². The Labute approximate surface area is 98.6 Å². The molecular formula is C11H23ClN2O. The number of β-amino-alcohol motifs (C(OH)–C–C–N with tert-alkyl or cyclic N) is 1. The Balaban J connectivity index is 0.00000112. The molecule has 2 fully saturated rings. The van der Waals surface area contributed by atoms with E-state index in [4.69, 9.17) is 0 Å². The lowest BCUT2D eigenvalue weighted by atomic mass is 10.0. The first kappa shape index (κ1) is 13.2. The summed E-state index contributed by atoms with van der Waals surface area (Å²) in [7, 11) is 0. The van der Waals surface area contributed by atoms with E-state index in [2.05, 4.69) is 17.1 Å². The molecule has 0 aliphatic carbocycles. The van der Waals surface area contributed by atoms with Crippen molar-refractivity contribution in [2.24, 2.45) is 5.92 Å². The number of aliphatic hydroxyl groups is 1. The molecule has 15 heavy (non-hydrogen) atoms. The molecule has 3 atom stereocenters. The molecule has 2 aliphatic heterocycles. The van der Waals surface area contributed by atoms with Gasteiger partial charge in [0.15, 0.2) is 0 Å². The molecule has 0 saturated carbocycles. The van der Waals surface area contributed by atoms with Gasteiger partial charge in [-0.3, -0.25) is 4.90 Å². The number of aliphatic hydroxyl groups excluding tert-OH is 1. The van der Waals surface area contributed by atoms with Gasteiger partial charge in [-0.1, -0.05) is 13.3 Å². The summed E-state index contributed by atoms with van der Waals surface area (Å²) in [5.74, 6) is 0.882. The van der Waals surface area contributed by atoms with Crippen LogP contribution in [0.15, 0.2) is 0 Å². The molecule has 3 nitrogen and oxygen atoms in total. The second-order valence-electron chi connectivity index (χ2n) is 4.73. The average Bonchev–Trinajstić information content (AvgIpc) is 2.74. The minimum atomic E-state index is -0.143. The number of hydrogen-bond acceptors (Lipinski definition) is 3. The van der Waals surface area contributed by atoms with Crippen LogP contribution in [0, 0.1) is 5.92 Å². The van der Waals surface area contributed by atoms with Gasteiger partial charge in [0.2, 0.25) is 0 Å². The van der Waals surface area contributed by atoms with Gasteiger partial charge in [0, 0.05) is 25.7 Å². The van der Waals surface area contributed by atoms with Crippen LogP contribution in [-0.2, 0) is 0 Å². The van der Waals surface area contributed by atoms with Crippen LogP contribution in [-0.4, -0.2) is 48.3 Å². The maximum absolute atomic E-state index is 9.76. The predicted molar refractivity (Wildman–Crippen MR) is 64.5 cm³/mol. The summed E-state index contributed by atoms with van der Waals surface area (Å²) in [5.41, 5.74) is 0. The smallest absolute Gasteiger partial charge is 0.0831 e. The average molecular weight is 235 g/mol. The summed E-state index contributed by atoms with van der Waals surface area (Å²) in [6.07, 6.45) is 3.84. The van der Waals surface area contributed by atoms with Crippen LogP contribution in [0.25, 0.3) is 0 Å². The lowest BCUT2D eigenvalue weighted by Gasteiger charge is -2.25. The number of halogens is 1. The third-order valence-electron chi connectivity index (χ3n) is 3.63. The van der Waals surface area contributed by atoms with Crippen molar-refractivity contribution < 1.29 is 5.11 Å². The van der Waals surface area contributed by atoms with E-state index >= 15 is 0 Å². The van der Waals surface area contributed by atoms with Crippen molar-refractivity contribution >= 4 is 12.4 Å². The van der Waals surface area contributed by atoms with Crippen LogP contribution in [0.2, 0.25) is 0 Å². The molecule has 0 aromatic rings. The van der Waals surface area contributed by atoms with E-state index in [9.17, 15) is 5.11 Å². The van der Waals surface area contributed by atoms with Crippen molar-refractivity contribution in [1.29, 1.82) is 0 Å². The molecule has 90 valence electrons. The fraction of sp³-hybridized carbons (Fsp3) is 1.00. The topological polar surface area (TPSA) is 35.5 Å². The monoisotopic (exact) mass is 234 g/mol. The van der Waals surface area contributed by atoms with Crippen LogP contribution in [0.4, 0.5) is 0 Å². The summed E-state index contributed by atoms with van der Waals surface area (Å²) in [4.78, 5) is 2.48. The van der Waals surface area contributed by atoms with Gasteiger partial charge in [-0.2, -0.15) is 0 Å². The fourth-order valence-electron chi connectivity index (χ4n) is 2.83. The molecule has 2 rings (SSSR count). The van der Waals surface area contributed by atoms with Gasteiger partial charge in [0.25, 0.3) is 0 Å². The van der Waals surface area contributed by atoms with Crippen molar-refractivity contribution in [2.45, 2.75) is 38.3 Å². The summed E-state index contributed by atoms with van der Waals surface area (Å²) < 4.78 is 0. The molecule has 0 aromatic heterocycles. The first-order valence-corrected chi connectivity index (χ1v) is 5.94. The quantitative estimate of drug-likeness (QED) is 0.761. The Kier molecular flexibility index (Phi) is 5.33. The summed E-state index contributed by atoms with van der Waals surface area (Å²) in [6.45, 7) is 6.40. The van der Waals surface area contributed by atoms with Gasteiger partial charge in [-0.15, -0.1) is 12.4 Å². The van der Waals surface area contributed by atoms with Gasteiger partial charge in [-0.05, 0) is 25.3 Å². The molecule has 2 saturated heterocycles. The molecule has 0 bridgehead atoms. The Morgan fingerprint density at radius 3 is 2.80 bits per heavy atom. The van der Waals surface area contributed by atoms with E-state index in [0.717, 1.165) is 19.0 Å². The van der Waals surface area contributed by atoms with Crippen LogP contribution >= 0.6 is 12.4 Å². The maximum Gasteiger partial charge on any atom is 0.0831 e. The highest BCUT2D eigenvalue weighted by Gasteiger charge is 2.34. The zero-order valence-corrected chi connectivity index (χ0v) is 10.3. The van der Waals surface area contributed by atoms with Crippen molar-refractivity contribution in [3.8, 4) is 0 Å². The minimum absolute atomic E-state index is 0. The first-order chi connectivity index (χ1) is 6.81. The lowest BCUT2D eigenvalue weighted by molar-refractivity contribution is 0.0958. The maximum atomic E-state index is 9.76. The second-order valence-corrected chi connectivity index (χ2v) is 4.73. The van der Waals surface area contributed by atoms with E-state index in [0.29, 0.717) is 6.04 Å². The van der Waals surface area contributed by atoms with E-state index in [1.807, 2.05) is 0 Å². The van der Waals surface area contributed by atoms with Gasteiger partial charge in [0.05, 0.1) is 6.10 Å². The van der Waals surface area contributed by atoms with Gasteiger partial charge >= 0.3 is 0 Å². The summed E-state index contributed by atoms with van der Waals surface area (Å²) >= 11 is 0. The number of rotatable bonds is 3. The largest absolute Gasteiger partial charge is 0.390 e. The molecule has 0 aromatic carbocycles. The Bertz CT molecular complexity index is 191. The third kappa shape index (κ3) is 3.06. The van der Waals surface area contributed by atoms with Crippen molar-refractivity contribution in [3.63, 3.8) is 0 Å². The second kappa shape index (κ2) is 6.04. The Hall–Kier alpha value is 0.170. The lowest BCUT2D eigenvalue weighted by Crippen LogP contribution is -2.41. The van der Waals surface area contributed by atoms with Gasteiger partial charge < -0.3 is 10.4 Å². The number of nitrogens with zero attached hydrogens (tertiary/aromatic N) is 1. The van der Waals surface area contributed by atoms with Gasteiger partial charge in [-0.25, -0.2) is 0 Å². The Morgan fingerprint density at radius 2 is 2.20 bits per heavy atom. The molecular weight excluding hydrogens is 212 g/mol. The van der Waals surface area contributed by atoms with Crippen LogP contribution < -0.4 is 5.32 Å². The molecule has 0 amide bonds. The molecule has 2 aliphatic rings. The normalized spacial score (nSPS) is 36.8. The zero-order valence-electron chi connectivity index (χ0n) is 9.48. The molecule has 4 heteroatoms. The number of nitrogens with one attached hydrogen (secondary N) is 1. The molecule has 2 N–H and O–H groups in total. The Morgan fingerprint density at radius 1 is 1.40 bits per heavy atom. The highest BCUT2D eigenvalue weighted by atomic mass is 35.5. The molecule has 0 spiro atoms. The summed E-state index contributed by atoms with van der Waals surface area (Å²) in [5, 5.41) is 13.0. The van der Waals surface area contributed by atoms with Crippen molar-refractivity contribution in [3.05, 3.63) is 0 Å². The zero-order chi connectivity index (χ0) is 9.97. The van der Waals surface area contributed by atoms with Crippen LogP contribution in [0.5, 0.6) is 0 Å². The van der Waals surface area contributed by atoms with Crippen LogP contribution in [0.3, 0.4) is 0 Å². The standard InChI is InChI=1S/C11H22N2O.ClH/c1-2-3-9-4-5-13(8-9)10-6-12-7-11(10)14;/h9-12,14H,2-8H2,1H3;1H/t9?,10-,11-;/m1./s1. The van der Waals surface area contributed by atoms with Gasteiger partial charge in [0.1, 0.15) is 0 Å². The molecule has 1 unspecified atom stereocenters. The first-order valence-electron chi connectivity index (χ1n) is 5.94. The van der Waals surface area contributed by atoms with E-state index < -0.39 is 0 Å². The molecule has 0 radical (unpaired) electrons. The highest BCUT2D eigenvalue weighted by molar-refractivity contribution is 5.85. The van der Waals surface area contributed by atoms with Crippen molar-refractivity contribution in [2.75, 3.05) is 26.2 Å². The number of hydrogen-bond donors (Lipinski definition) is 2. The van der Waals surface area contributed by atoms with Crippen molar-refractivity contribution in [1.82, 2.24) is 10.2 Å². The molecule has 2 heterocycles. The predicted octanol–water partition coefficient (Wildman–Crippen LogP) is 0.863. The van der Waals surface area contributed by atoms with E-state index in [1.54, 1.807) is 0 Å². The SMILES string of the molecule is CCCC1CCN([C@@H]2CNC[C@H]2O)C1.Cl.